The fourth-order valence-corrected chi connectivity index (χ4v) is 3.40. The van der Waals surface area contributed by atoms with Gasteiger partial charge in [-0.05, 0) is 24.5 Å². The van der Waals surface area contributed by atoms with Gasteiger partial charge in [0.05, 0.1) is 22.6 Å². The number of carboxylic acids is 1. The number of carbonyl (C=O) groups is 2. The van der Waals surface area contributed by atoms with Gasteiger partial charge in [-0.1, -0.05) is 26.0 Å². The Balaban J connectivity index is 1.81. The van der Waals surface area contributed by atoms with Gasteiger partial charge in [0.1, 0.15) is 6.54 Å². The summed E-state index contributed by atoms with van der Waals surface area (Å²) in [5, 5.41) is 10.0. The van der Waals surface area contributed by atoms with Gasteiger partial charge >= 0.3 is 5.97 Å². The quantitative estimate of drug-likeness (QED) is 0.905. The van der Waals surface area contributed by atoms with Crippen LogP contribution in [0, 0.1) is 11.3 Å². The molecule has 1 saturated heterocycles. The van der Waals surface area contributed by atoms with E-state index in [2.05, 4.69) is 4.98 Å². The molecule has 2 aromatic rings. The van der Waals surface area contributed by atoms with Crippen molar-refractivity contribution in [2.75, 3.05) is 13.1 Å². The molecule has 7 nitrogen and oxygen atoms in total. The highest BCUT2D eigenvalue weighted by atomic mass is 16.4. The number of aliphatic carboxylic acids is 1. The number of aromatic nitrogens is 2. The molecule has 1 fully saturated rings. The van der Waals surface area contributed by atoms with E-state index in [1.165, 1.54) is 15.8 Å². The Morgan fingerprint density at radius 3 is 2.68 bits per heavy atom. The van der Waals surface area contributed by atoms with Crippen molar-refractivity contribution >= 4 is 22.8 Å². The standard InChI is InChI=1S/C18H21N3O4/c1-12(2)18(17(24)25)7-8-20(10-18)15(22)9-21-11-19-14-6-4-3-5-13(14)16(21)23/h3-6,11-12H,7-10H2,1-2H3,(H,24,25). The molecule has 1 aromatic carbocycles. The zero-order chi connectivity index (χ0) is 18.2. The van der Waals surface area contributed by atoms with Crippen molar-refractivity contribution in [3.63, 3.8) is 0 Å². The maximum absolute atomic E-state index is 12.6. The number of nitrogens with zero attached hydrogens (tertiary/aromatic N) is 3. The number of rotatable bonds is 4. The van der Waals surface area contributed by atoms with Gasteiger partial charge < -0.3 is 10.0 Å². The predicted octanol–water partition coefficient (Wildman–Crippen LogP) is 1.36. The number of fused-ring (bicyclic) bond motifs is 1. The summed E-state index contributed by atoms with van der Waals surface area (Å²) in [7, 11) is 0. The lowest BCUT2D eigenvalue weighted by atomic mass is 9.76. The van der Waals surface area contributed by atoms with E-state index >= 15 is 0 Å². The molecule has 2 heterocycles. The molecule has 1 N–H and O–H groups in total. The van der Waals surface area contributed by atoms with E-state index < -0.39 is 11.4 Å². The zero-order valence-electron chi connectivity index (χ0n) is 14.3. The van der Waals surface area contributed by atoms with E-state index in [-0.39, 0.29) is 30.5 Å². The molecule has 7 heteroatoms. The van der Waals surface area contributed by atoms with Crippen LogP contribution in [0.2, 0.25) is 0 Å². The molecule has 0 spiro atoms. The van der Waals surface area contributed by atoms with Crippen LogP contribution in [0.25, 0.3) is 10.9 Å². The highest BCUT2D eigenvalue weighted by molar-refractivity contribution is 5.81. The Kier molecular flexibility index (Phi) is 4.32. The SMILES string of the molecule is CC(C)C1(C(=O)O)CCN(C(=O)Cn2cnc3ccccc3c2=O)C1. The first kappa shape index (κ1) is 17.1. The number of carboxylic acid groups (broad SMARTS) is 1. The fraction of sp³-hybridized carbons (Fsp3) is 0.444. The number of benzene rings is 1. The van der Waals surface area contributed by atoms with Crippen LogP contribution in [0.5, 0.6) is 0 Å². The zero-order valence-corrected chi connectivity index (χ0v) is 14.3. The molecule has 1 aliphatic heterocycles. The molecule has 1 atom stereocenters. The third-order valence-electron chi connectivity index (χ3n) is 5.22. The summed E-state index contributed by atoms with van der Waals surface area (Å²) in [6, 6.07) is 6.97. The highest BCUT2D eigenvalue weighted by Gasteiger charge is 2.48. The molecule has 0 aliphatic carbocycles. The molecule has 3 rings (SSSR count). The first-order valence-corrected chi connectivity index (χ1v) is 8.30. The van der Waals surface area contributed by atoms with E-state index in [0.29, 0.717) is 23.9 Å². The van der Waals surface area contributed by atoms with Gasteiger partial charge in [0.15, 0.2) is 0 Å². The predicted molar refractivity (Wildman–Crippen MR) is 92.1 cm³/mol. The monoisotopic (exact) mass is 343 g/mol. The molecular weight excluding hydrogens is 322 g/mol. The minimum absolute atomic E-state index is 0.0761. The maximum atomic E-state index is 12.6. The summed E-state index contributed by atoms with van der Waals surface area (Å²) in [5.41, 5.74) is -0.601. The van der Waals surface area contributed by atoms with Gasteiger partial charge in [0, 0.05) is 13.1 Å². The molecule has 1 amide bonds. The number of para-hydroxylation sites is 1. The van der Waals surface area contributed by atoms with Gasteiger partial charge in [-0.3, -0.25) is 19.0 Å². The van der Waals surface area contributed by atoms with Crippen LogP contribution in [0.1, 0.15) is 20.3 Å². The van der Waals surface area contributed by atoms with Crippen molar-refractivity contribution in [2.45, 2.75) is 26.8 Å². The number of hydrogen-bond donors (Lipinski definition) is 1. The van der Waals surface area contributed by atoms with Gasteiger partial charge in [0.25, 0.3) is 5.56 Å². The van der Waals surface area contributed by atoms with Crippen molar-refractivity contribution in [1.82, 2.24) is 14.5 Å². The molecule has 1 aromatic heterocycles. The largest absolute Gasteiger partial charge is 0.481 e. The minimum atomic E-state index is -0.914. The van der Waals surface area contributed by atoms with Crippen molar-refractivity contribution in [3.8, 4) is 0 Å². The summed E-state index contributed by atoms with van der Waals surface area (Å²) in [6.45, 7) is 4.15. The summed E-state index contributed by atoms with van der Waals surface area (Å²) < 4.78 is 1.28. The Labute approximate surface area is 144 Å². The summed E-state index contributed by atoms with van der Waals surface area (Å²) in [4.78, 5) is 42.5. The number of amides is 1. The Hall–Kier alpha value is -2.70. The summed E-state index contributed by atoms with van der Waals surface area (Å²) in [6.07, 6.45) is 1.79. The lowest BCUT2D eigenvalue weighted by Crippen LogP contribution is -2.42. The molecule has 1 aliphatic rings. The van der Waals surface area contributed by atoms with E-state index in [9.17, 15) is 19.5 Å². The second-order valence-corrected chi connectivity index (χ2v) is 6.88. The third kappa shape index (κ3) is 2.90. The van der Waals surface area contributed by atoms with Crippen LogP contribution in [0.4, 0.5) is 0 Å². The molecule has 1 unspecified atom stereocenters. The van der Waals surface area contributed by atoms with Crippen LogP contribution in [0.3, 0.4) is 0 Å². The number of carbonyl (C=O) groups excluding carboxylic acids is 1. The normalized spacial score (nSPS) is 20.4. The maximum Gasteiger partial charge on any atom is 0.311 e. The Morgan fingerprint density at radius 2 is 2.04 bits per heavy atom. The lowest BCUT2D eigenvalue weighted by Gasteiger charge is -2.28. The third-order valence-corrected chi connectivity index (χ3v) is 5.22. The Bertz CT molecular complexity index is 889. The molecule has 132 valence electrons. The molecular formula is C18H21N3O4. The lowest BCUT2D eigenvalue weighted by molar-refractivity contribution is -0.151. The molecule has 25 heavy (non-hydrogen) atoms. The van der Waals surface area contributed by atoms with E-state index in [0.717, 1.165) is 0 Å². The highest BCUT2D eigenvalue weighted by Crippen LogP contribution is 2.38. The van der Waals surface area contributed by atoms with Gasteiger partial charge in [0.2, 0.25) is 5.91 Å². The number of hydrogen-bond acceptors (Lipinski definition) is 4. The summed E-state index contributed by atoms with van der Waals surface area (Å²) in [5.74, 6) is -1.21. The Morgan fingerprint density at radius 1 is 1.32 bits per heavy atom. The van der Waals surface area contributed by atoms with Crippen LogP contribution in [0.15, 0.2) is 35.4 Å². The smallest absolute Gasteiger partial charge is 0.311 e. The van der Waals surface area contributed by atoms with Crippen LogP contribution >= 0.6 is 0 Å². The van der Waals surface area contributed by atoms with E-state index in [1.54, 1.807) is 24.3 Å². The van der Waals surface area contributed by atoms with Gasteiger partial charge in [-0.15, -0.1) is 0 Å². The van der Waals surface area contributed by atoms with E-state index in [1.807, 2.05) is 13.8 Å². The second-order valence-electron chi connectivity index (χ2n) is 6.88. The second kappa shape index (κ2) is 6.31. The van der Waals surface area contributed by atoms with Crippen LogP contribution < -0.4 is 5.56 Å². The van der Waals surface area contributed by atoms with Crippen LogP contribution in [-0.2, 0) is 16.1 Å². The topological polar surface area (TPSA) is 92.5 Å². The van der Waals surface area contributed by atoms with E-state index in [4.69, 9.17) is 0 Å². The average molecular weight is 343 g/mol. The minimum Gasteiger partial charge on any atom is -0.481 e. The van der Waals surface area contributed by atoms with Gasteiger partial charge in [-0.25, -0.2) is 4.98 Å². The van der Waals surface area contributed by atoms with Gasteiger partial charge in [-0.2, -0.15) is 0 Å². The number of likely N-dealkylation sites (tertiary alicyclic amines) is 1. The van der Waals surface area contributed by atoms with Crippen molar-refractivity contribution in [3.05, 3.63) is 40.9 Å². The molecule has 0 radical (unpaired) electrons. The van der Waals surface area contributed by atoms with Crippen LogP contribution in [-0.4, -0.2) is 44.5 Å². The van der Waals surface area contributed by atoms with Crippen molar-refractivity contribution in [1.29, 1.82) is 0 Å². The molecule has 0 bridgehead atoms. The van der Waals surface area contributed by atoms with Crippen molar-refractivity contribution in [2.24, 2.45) is 11.3 Å². The molecule has 0 saturated carbocycles. The van der Waals surface area contributed by atoms with Crippen molar-refractivity contribution < 1.29 is 14.7 Å². The summed E-state index contributed by atoms with van der Waals surface area (Å²) >= 11 is 0. The first-order chi connectivity index (χ1) is 11.8. The average Bonchev–Trinajstić information content (AvgIpc) is 3.05. The first-order valence-electron chi connectivity index (χ1n) is 8.30. The fourth-order valence-electron chi connectivity index (χ4n) is 3.40.